The molecule has 0 aromatic carbocycles. The largest absolute Gasteiger partial charge is 0.377 e. The highest BCUT2D eigenvalue weighted by Gasteiger charge is 2.43. The molecule has 1 aromatic rings. The zero-order chi connectivity index (χ0) is 14.9. The molecule has 5 heteroatoms. The number of ether oxygens (including phenoxy) is 1. The Morgan fingerprint density at radius 1 is 1.50 bits per heavy atom. The molecule has 0 saturated carbocycles. The molecule has 2 heterocycles. The summed E-state index contributed by atoms with van der Waals surface area (Å²) in [6.45, 7) is 8.75. The lowest BCUT2D eigenvalue weighted by Crippen LogP contribution is -2.43. The number of rotatable bonds is 5. The molecule has 1 aromatic heterocycles. The number of hydrogen-bond acceptors (Lipinski definition) is 4. The van der Waals surface area contributed by atoms with Crippen molar-refractivity contribution in [3.63, 3.8) is 0 Å². The summed E-state index contributed by atoms with van der Waals surface area (Å²) in [5, 5.41) is 7.61. The van der Waals surface area contributed by atoms with Crippen LogP contribution in [0.15, 0.2) is 16.8 Å². The molecular formula is C15H24N2O2S. The lowest BCUT2D eigenvalue weighted by molar-refractivity contribution is -0.134. The van der Waals surface area contributed by atoms with E-state index in [0.29, 0.717) is 6.54 Å². The second kappa shape index (κ2) is 5.84. The lowest BCUT2D eigenvalue weighted by Gasteiger charge is -2.32. The van der Waals surface area contributed by atoms with E-state index in [4.69, 9.17) is 4.74 Å². The van der Waals surface area contributed by atoms with E-state index >= 15 is 0 Å². The van der Waals surface area contributed by atoms with Gasteiger partial charge in [0.05, 0.1) is 18.2 Å². The van der Waals surface area contributed by atoms with Crippen molar-refractivity contribution < 1.29 is 9.53 Å². The normalized spacial score (nSPS) is 23.9. The van der Waals surface area contributed by atoms with Gasteiger partial charge in [-0.15, -0.1) is 0 Å². The molecule has 1 saturated heterocycles. The molecule has 20 heavy (non-hydrogen) atoms. The minimum absolute atomic E-state index is 0.0458. The van der Waals surface area contributed by atoms with Gasteiger partial charge in [-0.2, -0.15) is 11.3 Å². The third-order valence-corrected chi connectivity index (χ3v) is 4.53. The summed E-state index contributed by atoms with van der Waals surface area (Å²) in [7, 11) is 1.69. The molecule has 2 unspecified atom stereocenters. The molecule has 1 aliphatic rings. The van der Waals surface area contributed by atoms with Crippen molar-refractivity contribution in [2.24, 2.45) is 5.92 Å². The quantitative estimate of drug-likeness (QED) is 0.908. The lowest BCUT2D eigenvalue weighted by atomic mass is 10.0. The third-order valence-electron chi connectivity index (χ3n) is 3.83. The van der Waals surface area contributed by atoms with Crippen molar-refractivity contribution in [2.45, 2.75) is 45.5 Å². The van der Waals surface area contributed by atoms with Gasteiger partial charge < -0.3 is 9.64 Å². The first-order valence-corrected chi connectivity index (χ1v) is 7.94. The second-order valence-electron chi connectivity index (χ2n) is 6.28. The minimum Gasteiger partial charge on any atom is -0.377 e. The van der Waals surface area contributed by atoms with Crippen molar-refractivity contribution in [3.8, 4) is 0 Å². The predicted molar refractivity (Wildman–Crippen MR) is 81.6 cm³/mol. The maximum Gasteiger partial charge on any atom is 0.241 e. The van der Waals surface area contributed by atoms with Gasteiger partial charge in [0, 0.05) is 7.11 Å². The smallest absolute Gasteiger partial charge is 0.241 e. The highest BCUT2D eigenvalue weighted by Crippen LogP contribution is 2.31. The van der Waals surface area contributed by atoms with Crippen molar-refractivity contribution in [1.29, 1.82) is 0 Å². The van der Waals surface area contributed by atoms with Crippen LogP contribution in [0, 0.1) is 5.92 Å². The van der Waals surface area contributed by atoms with E-state index in [1.165, 1.54) is 0 Å². The molecule has 1 N–H and O–H groups in total. The topological polar surface area (TPSA) is 41.6 Å². The monoisotopic (exact) mass is 296 g/mol. The Labute approximate surface area is 125 Å². The Hall–Kier alpha value is -0.910. The number of amides is 1. The number of carbonyl (C=O) groups excluding carboxylic acids is 1. The number of methoxy groups -OCH3 is 1. The maximum atomic E-state index is 12.7. The summed E-state index contributed by atoms with van der Waals surface area (Å²) in [5.74, 6) is 0.445. The SMILES string of the molecule is COC(C)(C)CN1C(=O)C(C(C)C)NC1c1ccsc1. The molecule has 1 fully saturated rings. The molecule has 2 atom stereocenters. The average Bonchev–Trinajstić information content (AvgIpc) is 2.99. The van der Waals surface area contributed by atoms with Gasteiger partial charge in [-0.05, 0) is 42.2 Å². The van der Waals surface area contributed by atoms with E-state index in [-0.39, 0.29) is 29.6 Å². The Balaban J connectivity index is 2.26. The van der Waals surface area contributed by atoms with Crippen molar-refractivity contribution in [3.05, 3.63) is 22.4 Å². The van der Waals surface area contributed by atoms with Gasteiger partial charge in [0.25, 0.3) is 0 Å². The number of hydrogen-bond donors (Lipinski definition) is 1. The van der Waals surface area contributed by atoms with Crippen LogP contribution in [-0.2, 0) is 9.53 Å². The Morgan fingerprint density at radius 2 is 2.20 bits per heavy atom. The molecule has 1 amide bonds. The van der Waals surface area contributed by atoms with Gasteiger partial charge in [-0.1, -0.05) is 13.8 Å². The fraction of sp³-hybridized carbons (Fsp3) is 0.667. The highest BCUT2D eigenvalue weighted by atomic mass is 32.1. The van der Waals surface area contributed by atoms with Crippen molar-refractivity contribution in [2.75, 3.05) is 13.7 Å². The predicted octanol–water partition coefficient (Wildman–Crippen LogP) is 2.63. The third kappa shape index (κ3) is 3.05. The molecule has 112 valence electrons. The summed E-state index contributed by atoms with van der Waals surface area (Å²) >= 11 is 1.65. The van der Waals surface area contributed by atoms with Crippen LogP contribution in [0.4, 0.5) is 0 Å². The average molecular weight is 296 g/mol. The summed E-state index contributed by atoms with van der Waals surface area (Å²) in [5.41, 5.74) is 0.802. The van der Waals surface area contributed by atoms with E-state index < -0.39 is 0 Å². The van der Waals surface area contributed by atoms with Crippen molar-refractivity contribution >= 4 is 17.2 Å². The second-order valence-corrected chi connectivity index (χ2v) is 7.06. The van der Waals surface area contributed by atoms with E-state index in [1.54, 1.807) is 18.4 Å². The summed E-state index contributed by atoms with van der Waals surface area (Å²) in [4.78, 5) is 14.6. The van der Waals surface area contributed by atoms with Gasteiger partial charge in [-0.3, -0.25) is 10.1 Å². The molecule has 4 nitrogen and oxygen atoms in total. The molecule has 0 aliphatic carbocycles. The standard InChI is InChI=1S/C15H24N2O2S/c1-10(2)12-14(18)17(9-15(3,4)19-5)13(16-12)11-6-7-20-8-11/h6-8,10,12-13,16H,9H2,1-5H3. The van der Waals surface area contributed by atoms with Crippen LogP contribution in [0.25, 0.3) is 0 Å². The number of carbonyl (C=O) groups is 1. The Morgan fingerprint density at radius 3 is 2.70 bits per heavy atom. The van der Waals surface area contributed by atoms with Gasteiger partial charge >= 0.3 is 0 Å². The summed E-state index contributed by atoms with van der Waals surface area (Å²) < 4.78 is 5.49. The molecule has 2 rings (SSSR count). The van der Waals surface area contributed by atoms with Crippen LogP contribution in [0.5, 0.6) is 0 Å². The molecule has 0 spiro atoms. The molecule has 0 radical (unpaired) electrons. The van der Waals surface area contributed by atoms with Crippen LogP contribution < -0.4 is 5.32 Å². The molecule has 1 aliphatic heterocycles. The first kappa shape index (κ1) is 15.5. The zero-order valence-electron chi connectivity index (χ0n) is 12.8. The fourth-order valence-electron chi connectivity index (χ4n) is 2.47. The Kier molecular flexibility index (Phi) is 4.52. The van der Waals surface area contributed by atoms with Gasteiger partial charge in [-0.25, -0.2) is 0 Å². The van der Waals surface area contributed by atoms with Crippen LogP contribution in [-0.4, -0.2) is 36.1 Å². The van der Waals surface area contributed by atoms with E-state index in [9.17, 15) is 4.79 Å². The van der Waals surface area contributed by atoms with Gasteiger partial charge in [0.15, 0.2) is 0 Å². The van der Waals surface area contributed by atoms with E-state index in [2.05, 4.69) is 30.6 Å². The number of thiophene rings is 1. The first-order chi connectivity index (χ1) is 9.35. The number of nitrogens with one attached hydrogen (secondary N) is 1. The van der Waals surface area contributed by atoms with E-state index in [0.717, 1.165) is 5.56 Å². The van der Waals surface area contributed by atoms with Crippen LogP contribution in [0.3, 0.4) is 0 Å². The summed E-state index contributed by atoms with van der Waals surface area (Å²) in [6, 6.07) is 1.96. The fourth-order valence-corrected chi connectivity index (χ4v) is 3.14. The van der Waals surface area contributed by atoms with Crippen LogP contribution in [0.2, 0.25) is 0 Å². The van der Waals surface area contributed by atoms with Gasteiger partial charge in [0.2, 0.25) is 5.91 Å². The number of nitrogens with zero attached hydrogens (tertiary/aromatic N) is 1. The zero-order valence-corrected chi connectivity index (χ0v) is 13.7. The van der Waals surface area contributed by atoms with E-state index in [1.807, 2.05) is 24.1 Å². The van der Waals surface area contributed by atoms with Crippen molar-refractivity contribution in [1.82, 2.24) is 10.2 Å². The van der Waals surface area contributed by atoms with Crippen LogP contribution in [0.1, 0.15) is 39.4 Å². The highest BCUT2D eigenvalue weighted by molar-refractivity contribution is 7.07. The summed E-state index contributed by atoms with van der Waals surface area (Å²) in [6.07, 6.45) is -0.0458. The molecule has 0 bridgehead atoms. The first-order valence-electron chi connectivity index (χ1n) is 6.99. The Bertz CT molecular complexity index is 456. The minimum atomic E-state index is -0.350. The maximum absolute atomic E-state index is 12.7. The molecular weight excluding hydrogens is 272 g/mol. The van der Waals surface area contributed by atoms with Crippen LogP contribution >= 0.6 is 11.3 Å². The van der Waals surface area contributed by atoms with Gasteiger partial charge in [0.1, 0.15) is 6.17 Å².